The molecule has 134 valence electrons. The van der Waals surface area contributed by atoms with Crippen LogP contribution in [0.3, 0.4) is 0 Å². The van der Waals surface area contributed by atoms with Gasteiger partial charge in [0.05, 0.1) is 11.7 Å². The van der Waals surface area contributed by atoms with E-state index >= 15 is 0 Å². The van der Waals surface area contributed by atoms with Crippen LogP contribution in [0.5, 0.6) is 5.88 Å². The van der Waals surface area contributed by atoms with Crippen molar-refractivity contribution in [1.29, 1.82) is 0 Å². The number of nitrogens with zero attached hydrogens (tertiary/aromatic N) is 3. The number of rotatable bonds is 6. The predicted octanol–water partition coefficient (Wildman–Crippen LogP) is 4.01. The lowest BCUT2D eigenvalue weighted by Gasteiger charge is -2.13. The van der Waals surface area contributed by atoms with E-state index in [1.165, 1.54) is 18.4 Å². The molecule has 1 saturated carbocycles. The summed E-state index contributed by atoms with van der Waals surface area (Å²) in [7, 11) is 0. The van der Waals surface area contributed by atoms with Crippen LogP contribution in [0.25, 0.3) is 5.82 Å². The van der Waals surface area contributed by atoms with E-state index in [2.05, 4.69) is 16.1 Å². The molecule has 1 aliphatic rings. The molecule has 4 rings (SSSR count). The second-order valence-electron chi connectivity index (χ2n) is 7.04. The first-order chi connectivity index (χ1) is 12.6. The summed E-state index contributed by atoms with van der Waals surface area (Å²) in [6.07, 6.45) is 5.39. The Morgan fingerprint density at radius 3 is 2.50 bits per heavy atom. The predicted molar refractivity (Wildman–Crippen MR) is 99.6 cm³/mol. The summed E-state index contributed by atoms with van der Waals surface area (Å²) >= 11 is 0. The van der Waals surface area contributed by atoms with E-state index in [1.807, 2.05) is 56.4 Å². The second-order valence-corrected chi connectivity index (χ2v) is 7.04. The van der Waals surface area contributed by atoms with Gasteiger partial charge in [0.25, 0.3) is 0 Å². The van der Waals surface area contributed by atoms with Crippen LogP contribution in [0.15, 0.2) is 54.9 Å². The molecular weight excluding hydrogens is 326 g/mol. The standard InChI is InChI=1S/C21H23N3O2/c1-14(2)26-21-18(20(25)16-6-4-3-5-7-16)13-24(23-21)19-11-10-17(12-22-19)15-8-9-15/h3-7,10-15,20,25H,8-9H2,1-2H3. The average Bonchev–Trinajstić information content (AvgIpc) is 3.43. The minimum Gasteiger partial charge on any atom is -0.474 e. The van der Waals surface area contributed by atoms with Crippen LogP contribution >= 0.6 is 0 Å². The van der Waals surface area contributed by atoms with Gasteiger partial charge in [-0.1, -0.05) is 36.4 Å². The van der Waals surface area contributed by atoms with Crippen molar-refractivity contribution in [3.05, 3.63) is 71.5 Å². The highest BCUT2D eigenvalue weighted by atomic mass is 16.5. The van der Waals surface area contributed by atoms with Gasteiger partial charge in [0.15, 0.2) is 5.82 Å². The van der Waals surface area contributed by atoms with Gasteiger partial charge in [-0.15, -0.1) is 5.10 Å². The molecule has 0 radical (unpaired) electrons. The van der Waals surface area contributed by atoms with E-state index in [0.29, 0.717) is 17.4 Å². The van der Waals surface area contributed by atoms with E-state index in [-0.39, 0.29) is 6.10 Å². The zero-order valence-corrected chi connectivity index (χ0v) is 15.0. The van der Waals surface area contributed by atoms with Gasteiger partial charge in [0.1, 0.15) is 6.10 Å². The smallest absolute Gasteiger partial charge is 0.239 e. The molecule has 1 N–H and O–H groups in total. The summed E-state index contributed by atoms with van der Waals surface area (Å²) in [5, 5.41) is 15.3. The molecule has 1 unspecified atom stereocenters. The lowest BCUT2D eigenvalue weighted by Crippen LogP contribution is -2.09. The van der Waals surface area contributed by atoms with E-state index in [0.717, 1.165) is 11.4 Å². The monoisotopic (exact) mass is 349 g/mol. The van der Waals surface area contributed by atoms with Crippen LogP contribution in [0.2, 0.25) is 0 Å². The molecule has 3 aromatic rings. The first-order valence-corrected chi connectivity index (χ1v) is 9.07. The molecule has 0 bridgehead atoms. The molecule has 1 aromatic carbocycles. The third-order valence-corrected chi connectivity index (χ3v) is 4.52. The lowest BCUT2D eigenvalue weighted by atomic mass is 10.0. The Morgan fingerprint density at radius 1 is 1.12 bits per heavy atom. The van der Waals surface area contributed by atoms with Crippen molar-refractivity contribution in [3.8, 4) is 11.7 Å². The third-order valence-electron chi connectivity index (χ3n) is 4.52. The summed E-state index contributed by atoms with van der Waals surface area (Å²) in [6, 6.07) is 13.6. The fourth-order valence-electron chi connectivity index (χ4n) is 3.00. The SMILES string of the molecule is CC(C)Oc1nn(-c2ccc(C3CC3)cn2)cc1C(O)c1ccccc1. The van der Waals surface area contributed by atoms with Gasteiger partial charge in [-0.25, -0.2) is 9.67 Å². The van der Waals surface area contributed by atoms with Gasteiger partial charge < -0.3 is 9.84 Å². The van der Waals surface area contributed by atoms with E-state index in [1.54, 1.807) is 10.9 Å². The van der Waals surface area contributed by atoms with Crippen LogP contribution in [0, 0.1) is 0 Å². The van der Waals surface area contributed by atoms with Gasteiger partial charge in [-0.3, -0.25) is 0 Å². The molecule has 1 atom stereocenters. The van der Waals surface area contributed by atoms with Crippen LogP contribution in [0.4, 0.5) is 0 Å². The van der Waals surface area contributed by atoms with Gasteiger partial charge in [0.2, 0.25) is 5.88 Å². The van der Waals surface area contributed by atoms with Crippen LogP contribution in [-0.4, -0.2) is 26.0 Å². The van der Waals surface area contributed by atoms with E-state index in [4.69, 9.17) is 4.74 Å². The highest BCUT2D eigenvalue weighted by molar-refractivity contribution is 5.38. The summed E-state index contributed by atoms with van der Waals surface area (Å²) in [5.74, 6) is 1.82. The molecule has 0 saturated heterocycles. The highest BCUT2D eigenvalue weighted by Crippen LogP contribution is 2.39. The second kappa shape index (κ2) is 6.92. The maximum Gasteiger partial charge on any atom is 0.239 e. The molecule has 2 heterocycles. The van der Waals surface area contributed by atoms with Gasteiger partial charge in [-0.05, 0) is 49.8 Å². The number of pyridine rings is 1. The minimum atomic E-state index is -0.801. The number of aliphatic hydroxyl groups excluding tert-OH is 1. The molecule has 0 spiro atoms. The van der Waals surface area contributed by atoms with E-state index < -0.39 is 6.10 Å². The summed E-state index contributed by atoms with van der Waals surface area (Å²) in [6.45, 7) is 3.89. The van der Waals surface area contributed by atoms with Crippen molar-refractivity contribution in [2.75, 3.05) is 0 Å². The molecule has 5 nitrogen and oxygen atoms in total. The quantitative estimate of drug-likeness (QED) is 0.730. The Hall–Kier alpha value is -2.66. The van der Waals surface area contributed by atoms with Crippen molar-refractivity contribution in [1.82, 2.24) is 14.8 Å². The average molecular weight is 349 g/mol. The van der Waals surface area contributed by atoms with Gasteiger partial charge in [-0.2, -0.15) is 0 Å². The third kappa shape index (κ3) is 3.48. The first-order valence-electron chi connectivity index (χ1n) is 9.07. The number of hydrogen-bond donors (Lipinski definition) is 1. The van der Waals surface area contributed by atoms with Crippen molar-refractivity contribution >= 4 is 0 Å². The van der Waals surface area contributed by atoms with Gasteiger partial charge >= 0.3 is 0 Å². The summed E-state index contributed by atoms with van der Waals surface area (Å²) < 4.78 is 7.52. The van der Waals surface area contributed by atoms with Crippen LogP contribution in [-0.2, 0) is 0 Å². The van der Waals surface area contributed by atoms with Crippen LogP contribution < -0.4 is 4.74 Å². The molecule has 0 amide bonds. The van der Waals surface area contributed by atoms with Crippen LogP contribution in [0.1, 0.15) is 55.4 Å². The normalized spacial score (nSPS) is 15.2. The highest BCUT2D eigenvalue weighted by Gasteiger charge is 2.24. The Bertz CT molecular complexity index is 868. The molecule has 26 heavy (non-hydrogen) atoms. The van der Waals surface area contributed by atoms with E-state index in [9.17, 15) is 5.11 Å². The molecule has 2 aromatic heterocycles. The zero-order chi connectivity index (χ0) is 18.1. The zero-order valence-electron chi connectivity index (χ0n) is 15.0. The Morgan fingerprint density at radius 2 is 1.88 bits per heavy atom. The Balaban J connectivity index is 1.68. The number of benzene rings is 1. The Labute approximate surface area is 153 Å². The number of aliphatic hydroxyl groups is 1. The maximum absolute atomic E-state index is 10.8. The fourth-order valence-corrected chi connectivity index (χ4v) is 3.00. The lowest BCUT2D eigenvalue weighted by molar-refractivity contribution is 0.195. The van der Waals surface area contributed by atoms with Crippen molar-refractivity contribution in [2.45, 2.75) is 44.8 Å². The topological polar surface area (TPSA) is 60.2 Å². The molecular formula is C21H23N3O2. The largest absolute Gasteiger partial charge is 0.474 e. The van der Waals surface area contributed by atoms with Crippen molar-refractivity contribution in [3.63, 3.8) is 0 Å². The molecule has 0 aliphatic heterocycles. The molecule has 5 heteroatoms. The van der Waals surface area contributed by atoms with Crippen molar-refractivity contribution in [2.24, 2.45) is 0 Å². The summed E-state index contributed by atoms with van der Waals surface area (Å²) in [4.78, 5) is 4.54. The van der Waals surface area contributed by atoms with Crippen molar-refractivity contribution < 1.29 is 9.84 Å². The fraction of sp³-hybridized carbons (Fsp3) is 0.333. The summed E-state index contributed by atoms with van der Waals surface area (Å²) in [5.41, 5.74) is 2.72. The molecule has 1 fully saturated rings. The number of hydrogen-bond acceptors (Lipinski definition) is 4. The first kappa shape index (κ1) is 16.8. The maximum atomic E-state index is 10.8. The Kier molecular flexibility index (Phi) is 4.47. The molecule has 1 aliphatic carbocycles. The minimum absolute atomic E-state index is 0.0368. The number of ether oxygens (including phenoxy) is 1. The van der Waals surface area contributed by atoms with Gasteiger partial charge in [0, 0.05) is 12.4 Å². The number of aromatic nitrogens is 3.